The Labute approximate surface area is 214 Å². The predicted octanol–water partition coefficient (Wildman–Crippen LogP) is 5.08. The first-order valence-electron chi connectivity index (χ1n) is 12.4. The molecule has 0 radical (unpaired) electrons. The van der Waals surface area contributed by atoms with Gasteiger partial charge in [0.15, 0.2) is 0 Å². The predicted molar refractivity (Wildman–Crippen MR) is 140 cm³/mol. The lowest BCUT2D eigenvalue weighted by molar-refractivity contribution is -0.139. The fraction of sp³-hybridized carbons (Fsp3) is 0.241. The number of benzene rings is 2. The van der Waals surface area contributed by atoms with Crippen molar-refractivity contribution in [3.8, 4) is 11.8 Å². The molecule has 8 nitrogen and oxygen atoms in total. The van der Waals surface area contributed by atoms with Crippen molar-refractivity contribution in [3.05, 3.63) is 89.5 Å². The second-order valence-corrected chi connectivity index (χ2v) is 9.90. The van der Waals surface area contributed by atoms with Crippen LogP contribution in [0.15, 0.2) is 78.4 Å². The zero-order chi connectivity index (χ0) is 25.7. The maximum Gasteiger partial charge on any atom is 0.321 e. The highest BCUT2D eigenvalue weighted by atomic mass is 16.5. The third kappa shape index (κ3) is 3.94. The topological polar surface area (TPSA) is 89.3 Å². The molecule has 2 aliphatic heterocycles. The summed E-state index contributed by atoms with van der Waals surface area (Å²) in [4.78, 5) is 35.7. The monoisotopic (exact) mass is 493 g/mol. The number of aromatic nitrogens is 3. The highest BCUT2D eigenvalue weighted by molar-refractivity contribution is 6.11. The third-order valence-electron chi connectivity index (χ3n) is 6.82. The number of rotatable bonds is 5. The van der Waals surface area contributed by atoms with Gasteiger partial charge in [-0.25, -0.2) is 9.97 Å². The summed E-state index contributed by atoms with van der Waals surface area (Å²) in [5.41, 5.74) is 5.30. The Hall–Kier alpha value is -4.46. The van der Waals surface area contributed by atoms with E-state index < -0.39 is 0 Å². The number of carbonyl (C=O) groups excluding carboxylic acids is 2. The summed E-state index contributed by atoms with van der Waals surface area (Å²) >= 11 is 0. The number of amides is 2. The van der Waals surface area contributed by atoms with Crippen LogP contribution >= 0.6 is 0 Å². The molecule has 0 spiro atoms. The van der Waals surface area contributed by atoms with Gasteiger partial charge in [0, 0.05) is 54.7 Å². The van der Waals surface area contributed by atoms with E-state index in [1.807, 2.05) is 36.4 Å². The van der Waals surface area contributed by atoms with Crippen molar-refractivity contribution in [2.75, 3.05) is 11.9 Å². The smallest absolute Gasteiger partial charge is 0.321 e. The number of anilines is 1. The molecule has 0 aliphatic carbocycles. The average Bonchev–Trinajstić information content (AvgIpc) is 3.34. The maximum absolute atomic E-state index is 13.7. The van der Waals surface area contributed by atoms with Crippen LogP contribution < -0.4 is 10.1 Å². The lowest BCUT2D eigenvalue weighted by Crippen LogP contribution is -2.33. The molecule has 0 unspecified atom stereocenters. The zero-order valence-electron chi connectivity index (χ0n) is 20.9. The molecule has 4 heterocycles. The Balaban J connectivity index is 1.55. The largest absolute Gasteiger partial charge is 0.424 e. The van der Waals surface area contributed by atoms with Crippen LogP contribution in [-0.4, -0.2) is 37.8 Å². The van der Waals surface area contributed by atoms with Crippen LogP contribution in [0.5, 0.6) is 11.8 Å². The van der Waals surface area contributed by atoms with E-state index in [4.69, 9.17) is 4.74 Å². The number of imide groups is 1. The summed E-state index contributed by atoms with van der Waals surface area (Å²) in [6, 6.07) is 15.8. The number of carbonyl (C=O) groups is 2. The summed E-state index contributed by atoms with van der Waals surface area (Å²) in [7, 11) is 0. The molecular formula is C29H27N5O3. The Bertz CT molecular complexity index is 1570. The van der Waals surface area contributed by atoms with Crippen LogP contribution in [0.2, 0.25) is 0 Å². The van der Waals surface area contributed by atoms with Crippen molar-refractivity contribution >= 4 is 28.4 Å². The number of nitrogens with zero attached hydrogens (tertiary/aromatic N) is 4. The Morgan fingerprint density at radius 1 is 1.14 bits per heavy atom. The minimum Gasteiger partial charge on any atom is -0.424 e. The lowest BCUT2D eigenvalue weighted by Gasteiger charge is -2.20. The van der Waals surface area contributed by atoms with Crippen LogP contribution in [0.1, 0.15) is 37.8 Å². The summed E-state index contributed by atoms with van der Waals surface area (Å²) < 4.78 is 8.19. The standard InChI is InChI=1S/C29H27N5O3/c1-17(2)14-33-15-21-25(19-7-4-8-20(13-19)37-29-30-11-6-12-31-29)27-23(16-34(18(3)35)28(27)36)32-22-9-5-10-24(33)26(21)22/h4-13,15,17,25,32H,14,16H2,1-3H3/t25-/m0/s1. The van der Waals surface area contributed by atoms with Gasteiger partial charge in [-0.3, -0.25) is 14.5 Å². The first-order chi connectivity index (χ1) is 17.9. The van der Waals surface area contributed by atoms with E-state index >= 15 is 0 Å². The van der Waals surface area contributed by atoms with Crippen LogP contribution in [0.25, 0.3) is 10.9 Å². The second kappa shape index (κ2) is 8.89. The van der Waals surface area contributed by atoms with E-state index in [2.05, 4.69) is 46.0 Å². The van der Waals surface area contributed by atoms with Crippen LogP contribution in [-0.2, 0) is 16.1 Å². The molecule has 37 heavy (non-hydrogen) atoms. The molecule has 2 aromatic heterocycles. The molecule has 4 aromatic rings. The normalized spacial score (nSPS) is 16.7. The molecule has 1 atom stereocenters. The maximum atomic E-state index is 13.7. The minimum absolute atomic E-state index is 0.223. The van der Waals surface area contributed by atoms with Crippen molar-refractivity contribution in [1.29, 1.82) is 0 Å². The third-order valence-corrected chi connectivity index (χ3v) is 6.82. The summed E-state index contributed by atoms with van der Waals surface area (Å²) in [6.07, 6.45) is 5.41. The lowest BCUT2D eigenvalue weighted by atomic mass is 9.84. The molecule has 6 rings (SSSR count). The van der Waals surface area contributed by atoms with Gasteiger partial charge in [0.1, 0.15) is 5.75 Å². The van der Waals surface area contributed by atoms with Gasteiger partial charge < -0.3 is 14.6 Å². The van der Waals surface area contributed by atoms with Gasteiger partial charge in [-0.2, -0.15) is 0 Å². The summed E-state index contributed by atoms with van der Waals surface area (Å²) in [5.74, 6) is 0.0883. The number of hydrogen-bond donors (Lipinski definition) is 1. The van der Waals surface area contributed by atoms with Gasteiger partial charge in [0.25, 0.3) is 5.91 Å². The molecular weight excluding hydrogens is 466 g/mol. The van der Waals surface area contributed by atoms with E-state index in [0.29, 0.717) is 17.2 Å². The van der Waals surface area contributed by atoms with Gasteiger partial charge in [-0.1, -0.05) is 32.0 Å². The number of hydrogen-bond acceptors (Lipinski definition) is 6. The molecule has 0 bridgehead atoms. The summed E-state index contributed by atoms with van der Waals surface area (Å²) in [5, 5.41) is 4.61. The molecule has 186 valence electrons. The fourth-order valence-corrected chi connectivity index (χ4v) is 5.37. The fourth-order valence-electron chi connectivity index (χ4n) is 5.37. The molecule has 2 aromatic carbocycles. The average molecular weight is 494 g/mol. The van der Waals surface area contributed by atoms with Gasteiger partial charge in [0.05, 0.1) is 17.6 Å². The van der Waals surface area contributed by atoms with Crippen molar-refractivity contribution < 1.29 is 14.3 Å². The Morgan fingerprint density at radius 2 is 1.92 bits per heavy atom. The Kier molecular flexibility index (Phi) is 5.52. The quantitative estimate of drug-likeness (QED) is 0.417. The van der Waals surface area contributed by atoms with Crippen LogP contribution in [0.3, 0.4) is 0 Å². The van der Waals surface area contributed by atoms with Crippen molar-refractivity contribution in [3.63, 3.8) is 0 Å². The molecule has 2 aliphatic rings. The molecule has 8 heteroatoms. The van der Waals surface area contributed by atoms with Crippen LogP contribution in [0, 0.1) is 5.92 Å². The first-order valence-corrected chi connectivity index (χ1v) is 12.4. The second-order valence-electron chi connectivity index (χ2n) is 9.90. The molecule has 0 fully saturated rings. The van der Waals surface area contributed by atoms with Gasteiger partial charge >= 0.3 is 6.01 Å². The van der Waals surface area contributed by atoms with Crippen LogP contribution in [0.4, 0.5) is 5.69 Å². The van der Waals surface area contributed by atoms with E-state index in [0.717, 1.165) is 40.0 Å². The van der Waals surface area contributed by atoms with Gasteiger partial charge in [0.2, 0.25) is 5.91 Å². The van der Waals surface area contributed by atoms with Crippen molar-refractivity contribution in [2.45, 2.75) is 33.2 Å². The highest BCUT2D eigenvalue weighted by Crippen LogP contribution is 2.47. The van der Waals surface area contributed by atoms with E-state index in [9.17, 15) is 9.59 Å². The van der Waals surface area contributed by atoms with E-state index in [1.54, 1.807) is 18.5 Å². The highest BCUT2D eigenvalue weighted by Gasteiger charge is 2.41. The Morgan fingerprint density at radius 3 is 2.68 bits per heavy atom. The first kappa shape index (κ1) is 23.0. The van der Waals surface area contributed by atoms with E-state index in [1.165, 1.54) is 11.8 Å². The van der Waals surface area contributed by atoms with E-state index in [-0.39, 0.29) is 30.3 Å². The minimum atomic E-state index is -0.390. The summed E-state index contributed by atoms with van der Waals surface area (Å²) in [6.45, 7) is 6.88. The van der Waals surface area contributed by atoms with Gasteiger partial charge in [-0.15, -0.1) is 0 Å². The number of ether oxygens (including phenoxy) is 1. The molecule has 0 saturated carbocycles. The van der Waals surface area contributed by atoms with Gasteiger partial charge in [-0.05, 0) is 47.4 Å². The van der Waals surface area contributed by atoms with Crippen molar-refractivity contribution in [1.82, 2.24) is 19.4 Å². The SMILES string of the molecule is CC(=O)N1CC2=C(C1=O)[C@@H](c1cccc(Oc3ncccn3)c1)c1cn(CC(C)C)c3cccc(c13)N2. The molecule has 1 N–H and O–H groups in total. The van der Waals surface area contributed by atoms with Crippen molar-refractivity contribution in [2.24, 2.45) is 5.92 Å². The molecule has 0 saturated heterocycles. The number of nitrogens with one attached hydrogen (secondary N) is 1. The molecule has 2 amide bonds. The zero-order valence-corrected chi connectivity index (χ0v) is 20.9.